The van der Waals surface area contributed by atoms with Crippen LogP contribution in [0.15, 0.2) is 121 Å². The quantitative estimate of drug-likeness (QED) is 0.116. The van der Waals surface area contributed by atoms with E-state index in [1.54, 1.807) is 0 Å². The molecule has 0 radical (unpaired) electrons. The van der Waals surface area contributed by atoms with Crippen LogP contribution in [-0.4, -0.2) is 29.8 Å². The predicted octanol–water partition coefficient (Wildman–Crippen LogP) is 6.53. The molecule has 0 aliphatic rings. The zero-order valence-electron chi connectivity index (χ0n) is 23.7. The third-order valence-electron chi connectivity index (χ3n) is 7.71. The summed E-state index contributed by atoms with van der Waals surface area (Å²) in [6, 6.07) is 46.3. The van der Waals surface area contributed by atoms with Gasteiger partial charge in [0, 0.05) is 13.2 Å². The van der Waals surface area contributed by atoms with Gasteiger partial charge in [0.2, 0.25) is 0 Å². The molecule has 4 rings (SSSR count). The van der Waals surface area contributed by atoms with E-state index in [1.165, 1.54) is 20.7 Å². The van der Waals surface area contributed by atoms with E-state index in [0.717, 1.165) is 57.4 Å². The van der Waals surface area contributed by atoms with Crippen molar-refractivity contribution in [2.45, 2.75) is 58.0 Å². The van der Waals surface area contributed by atoms with E-state index in [4.69, 9.17) is 8.85 Å². The Morgan fingerprint density at radius 1 is 0.410 bits per heavy atom. The molecule has 2 nitrogen and oxygen atoms in total. The molecule has 0 aliphatic heterocycles. The van der Waals surface area contributed by atoms with Gasteiger partial charge in [-0.2, -0.15) is 0 Å². The molecule has 0 unspecified atom stereocenters. The number of unbranched alkanes of at least 4 members (excludes halogenated alkanes) is 2. The zero-order valence-corrected chi connectivity index (χ0v) is 25.7. The molecule has 0 aromatic heterocycles. The lowest BCUT2D eigenvalue weighted by atomic mass is 10.4. The van der Waals surface area contributed by atoms with Gasteiger partial charge < -0.3 is 8.85 Å². The van der Waals surface area contributed by atoms with Crippen molar-refractivity contribution in [2.24, 2.45) is 0 Å². The fourth-order valence-corrected chi connectivity index (χ4v) is 14.0. The highest BCUT2D eigenvalue weighted by atomic mass is 28.4. The van der Waals surface area contributed by atoms with Gasteiger partial charge in [0.05, 0.1) is 0 Å². The van der Waals surface area contributed by atoms with Gasteiger partial charge >= 0.3 is 0 Å². The van der Waals surface area contributed by atoms with Crippen LogP contribution < -0.4 is 20.7 Å². The first-order valence-electron chi connectivity index (χ1n) is 14.7. The van der Waals surface area contributed by atoms with Crippen molar-refractivity contribution >= 4 is 37.4 Å². The Kier molecular flexibility index (Phi) is 11.3. The summed E-state index contributed by atoms with van der Waals surface area (Å²) < 4.78 is 14.2. The average molecular weight is 553 g/mol. The van der Waals surface area contributed by atoms with Crippen molar-refractivity contribution < 1.29 is 8.85 Å². The second-order valence-corrected chi connectivity index (χ2v) is 17.6. The molecule has 0 saturated heterocycles. The Balaban J connectivity index is 1.73. The van der Waals surface area contributed by atoms with Gasteiger partial charge in [-0.25, -0.2) is 0 Å². The fraction of sp³-hybridized carbons (Fsp3) is 0.314. The molecule has 0 heterocycles. The predicted molar refractivity (Wildman–Crippen MR) is 172 cm³/mol. The SMILES string of the molecule is CCCCO[Si](CCC[Si](OCCCC)(c1ccccc1)c1ccccc1)(c1ccccc1)c1ccccc1. The Hall–Kier alpha value is -2.77. The van der Waals surface area contributed by atoms with Crippen LogP contribution in [0.3, 0.4) is 0 Å². The van der Waals surface area contributed by atoms with Crippen molar-refractivity contribution in [3.63, 3.8) is 0 Å². The summed E-state index contributed by atoms with van der Waals surface area (Å²) >= 11 is 0. The van der Waals surface area contributed by atoms with Crippen LogP contribution in [0.25, 0.3) is 0 Å². The zero-order chi connectivity index (χ0) is 27.2. The molecule has 0 aliphatic carbocycles. The number of benzene rings is 4. The van der Waals surface area contributed by atoms with Crippen molar-refractivity contribution in [2.75, 3.05) is 13.2 Å². The maximum absolute atomic E-state index is 7.08. The minimum absolute atomic E-state index is 0.805. The Morgan fingerprint density at radius 3 is 0.949 bits per heavy atom. The van der Waals surface area contributed by atoms with E-state index < -0.39 is 16.6 Å². The molecule has 4 heteroatoms. The van der Waals surface area contributed by atoms with Crippen LogP contribution in [-0.2, 0) is 8.85 Å². The minimum atomic E-state index is -2.46. The third kappa shape index (κ3) is 7.26. The van der Waals surface area contributed by atoms with E-state index in [2.05, 4.69) is 135 Å². The van der Waals surface area contributed by atoms with Crippen molar-refractivity contribution in [3.8, 4) is 0 Å². The molecule has 0 spiro atoms. The van der Waals surface area contributed by atoms with Crippen LogP contribution in [0, 0.1) is 0 Å². The lowest BCUT2D eigenvalue weighted by Crippen LogP contribution is -2.63. The maximum Gasteiger partial charge on any atom is 0.255 e. The minimum Gasteiger partial charge on any atom is -0.408 e. The first-order chi connectivity index (χ1) is 19.2. The summed E-state index contributed by atoms with van der Waals surface area (Å²) in [4.78, 5) is 0. The normalized spacial score (nSPS) is 11.9. The topological polar surface area (TPSA) is 18.5 Å². The molecular formula is C35H44O2Si2. The second-order valence-electron chi connectivity index (χ2n) is 10.4. The fourth-order valence-electron chi connectivity index (χ4n) is 5.59. The smallest absolute Gasteiger partial charge is 0.255 e. The summed E-state index contributed by atoms with van der Waals surface area (Å²) in [5.74, 6) is 0. The first-order valence-corrected chi connectivity index (χ1v) is 19.0. The van der Waals surface area contributed by atoms with Gasteiger partial charge in [0.15, 0.2) is 0 Å². The third-order valence-corrected chi connectivity index (χ3v) is 16.3. The largest absolute Gasteiger partial charge is 0.408 e. The molecule has 0 amide bonds. The molecule has 39 heavy (non-hydrogen) atoms. The van der Waals surface area contributed by atoms with Crippen LogP contribution in [0.1, 0.15) is 46.0 Å². The van der Waals surface area contributed by atoms with E-state index in [0.29, 0.717) is 0 Å². The first kappa shape index (κ1) is 29.2. The lowest BCUT2D eigenvalue weighted by molar-refractivity contribution is 0.302. The number of rotatable bonds is 16. The molecule has 0 atom stereocenters. The van der Waals surface area contributed by atoms with E-state index in [9.17, 15) is 0 Å². The highest BCUT2D eigenvalue weighted by molar-refractivity contribution is 6.99. The molecule has 0 fully saturated rings. The average Bonchev–Trinajstić information content (AvgIpc) is 3.01. The van der Waals surface area contributed by atoms with Crippen LogP contribution in [0.4, 0.5) is 0 Å². The monoisotopic (exact) mass is 552 g/mol. The Morgan fingerprint density at radius 2 is 0.692 bits per heavy atom. The van der Waals surface area contributed by atoms with Gasteiger partial charge in [-0.15, -0.1) is 0 Å². The van der Waals surface area contributed by atoms with Crippen molar-refractivity contribution in [3.05, 3.63) is 121 Å². The van der Waals surface area contributed by atoms with Crippen LogP contribution in [0.5, 0.6) is 0 Å². The van der Waals surface area contributed by atoms with Crippen LogP contribution in [0.2, 0.25) is 12.1 Å². The molecule has 4 aromatic carbocycles. The number of hydrogen-bond acceptors (Lipinski definition) is 2. The Labute approximate surface area is 238 Å². The van der Waals surface area contributed by atoms with E-state index in [1.807, 2.05) is 0 Å². The molecule has 0 N–H and O–H groups in total. The highest BCUT2D eigenvalue weighted by Gasteiger charge is 2.43. The highest BCUT2D eigenvalue weighted by Crippen LogP contribution is 2.24. The van der Waals surface area contributed by atoms with Gasteiger partial charge in [-0.05, 0) is 45.7 Å². The summed E-state index contributed by atoms with van der Waals surface area (Å²) in [7, 11) is -4.92. The van der Waals surface area contributed by atoms with Crippen LogP contribution >= 0.6 is 0 Å². The van der Waals surface area contributed by atoms with Crippen molar-refractivity contribution in [1.82, 2.24) is 0 Å². The summed E-state index contributed by atoms with van der Waals surface area (Å²) in [6.07, 6.45) is 5.50. The van der Waals surface area contributed by atoms with Crippen molar-refractivity contribution in [1.29, 1.82) is 0 Å². The van der Waals surface area contributed by atoms with Gasteiger partial charge in [-0.1, -0.05) is 154 Å². The summed E-state index contributed by atoms with van der Waals surface area (Å²) in [6.45, 7) is 6.09. The molecule has 4 aromatic rings. The second kappa shape index (κ2) is 15.1. The Bertz CT molecular complexity index is 1020. The molecule has 0 saturated carbocycles. The van der Waals surface area contributed by atoms with Gasteiger partial charge in [-0.3, -0.25) is 0 Å². The molecule has 0 bridgehead atoms. The summed E-state index contributed by atoms with van der Waals surface area (Å²) in [5.41, 5.74) is 0. The summed E-state index contributed by atoms with van der Waals surface area (Å²) in [5, 5.41) is 5.47. The van der Waals surface area contributed by atoms with Gasteiger partial charge in [0.1, 0.15) is 0 Å². The maximum atomic E-state index is 7.08. The standard InChI is InChI=1S/C35H44O2Si2/c1-3-5-28-36-38(32-20-11-7-12-21-32,33-22-13-8-14-23-33)30-19-31-39(37-29-6-4-2,34-24-15-9-16-25-34)35-26-17-10-18-27-35/h7-18,20-27H,3-6,19,28-31H2,1-2H3. The van der Waals surface area contributed by atoms with E-state index in [-0.39, 0.29) is 0 Å². The molecular weight excluding hydrogens is 509 g/mol. The number of hydrogen-bond donors (Lipinski definition) is 0. The molecule has 204 valence electrons. The van der Waals surface area contributed by atoms with E-state index >= 15 is 0 Å². The van der Waals surface area contributed by atoms with Gasteiger partial charge in [0.25, 0.3) is 16.6 Å². The lowest BCUT2D eigenvalue weighted by Gasteiger charge is -2.36.